The molecule has 0 spiro atoms. The summed E-state index contributed by atoms with van der Waals surface area (Å²) in [6, 6.07) is 4.44. The second-order valence-electron chi connectivity index (χ2n) is 3.80. The van der Waals surface area contributed by atoms with Crippen LogP contribution < -0.4 is 4.74 Å². The third-order valence-electron chi connectivity index (χ3n) is 2.45. The van der Waals surface area contributed by atoms with Crippen LogP contribution in [0.25, 0.3) is 0 Å². The maximum Gasteiger partial charge on any atom is 0.132 e. The van der Waals surface area contributed by atoms with Crippen LogP contribution in [0.1, 0.15) is 31.4 Å². The first-order valence-corrected chi connectivity index (χ1v) is 5.78. The van der Waals surface area contributed by atoms with Crippen LogP contribution >= 0.6 is 0 Å². The minimum Gasteiger partial charge on any atom is -0.497 e. The van der Waals surface area contributed by atoms with Gasteiger partial charge in [-0.3, -0.25) is 0 Å². The number of hydrogen-bond donors (Lipinski definition) is 1. The van der Waals surface area contributed by atoms with Gasteiger partial charge in [0, 0.05) is 31.3 Å². The van der Waals surface area contributed by atoms with Crippen molar-refractivity contribution in [2.45, 2.75) is 25.9 Å². The highest BCUT2D eigenvalue weighted by molar-refractivity contribution is 5.30. The molecule has 1 atom stereocenters. The predicted octanol–water partition coefficient (Wildman–Crippen LogP) is 2.68. The highest BCUT2D eigenvalue weighted by Gasteiger charge is 2.13. The SMILES string of the molecule is CCCOCCC(O)c1ccc(OC)cc1F. The second kappa shape index (κ2) is 7.25. The Balaban J connectivity index is 2.53. The molecule has 1 aromatic rings. The van der Waals surface area contributed by atoms with E-state index in [9.17, 15) is 9.50 Å². The zero-order valence-electron chi connectivity index (χ0n) is 10.3. The highest BCUT2D eigenvalue weighted by atomic mass is 19.1. The molecule has 3 nitrogen and oxygen atoms in total. The van der Waals surface area contributed by atoms with Gasteiger partial charge in [0.05, 0.1) is 13.2 Å². The van der Waals surface area contributed by atoms with Crippen molar-refractivity contribution in [3.05, 3.63) is 29.6 Å². The monoisotopic (exact) mass is 242 g/mol. The summed E-state index contributed by atoms with van der Waals surface area (Å²) in [5, 5.41) is 9.80. The van der Waals surface area contributed by atoms with Crippen LogP contribution in [0.2, 0.25) is 0 Å². The third kappa shape index (κ3) is 4.32. The average molecular weight is 242 g/mol. The summed E-state index contributed by atoms with van der Waals surface area (Å²) < 4.78 is 23.7. The van der Waals surface area contributed by atoms with E-state index in [1.54, 1.807) is 12.1 Å². The summed E-state index contributed by atoms with van der Waals surface area (Å²) >= 11 is 0. The van der Waals surface area contributed by atoms with Crippen molar-refractivity contribution in [1.82, 2.24) is 0 Å². The van der Waals surface area contributed by atoms with Gasteiger partial charge in [0.25, 0.3) is 0 Å². The zero-order chi connectivity index (χ0) is 12.7. The van der Waals surface area contributed by atoms with E-state index in [0.717, 1.165) is 6.42 Å². The molecule has 0 aliphatic carbocycles. The van der Waals surface area contributed by atoms with Crippen LogP contribution in [-0.4, -0.2) is 25.4 Å². The molecule has 0 radical (unpaired) electrons. The number of halogens is 1. The van der Waals surface area contributed by atoms with E-state index in [4.69, 9.17) is 9.47 Å². The summed E-state index contributed by atoms with van der Waals surface area (Å²) in [6.07, 6.45) is 0.494. The molecular weight excluding hydrogens is 223 g/mol. The van der Waals surface area contributed by atoms with E-state index in [1.807, 2.05) is 6.92 Å². The van der Waals surface area contributed by atoms with Gasteiger partial charge in [-0.1, -0.05) is 6.92 Å². The molecule has 1 N–H and O–H groups in total. The summed E-state index contributed by atoms with van der Waals surface area (Å²) in [5.74, 6) is -0.00646. The van der Waals surface area contributed by atoms with Crippen molar-refractivity contribution in [2.75, 3.05) is 20.3 Å². The molecule has 1 rings (SSSR count). The Bertz CT molecular complexity index is 341. The Kier molecular flexibility index (Phi) is 5.94. The molecule has 0 aliphatic rings. The predicted molar refractivity (Wildman–Crippen MR) is 63.6 cm³/mol. The lowest BCUT2D eigenvalue weighted by molar-refractivity contribution is 0.0806. The maximum absolute atomic E-state index is 13.6. The van der Waals surface area contributed by atoms with Crippen molar-refractivity contribution in [3.63, 3.8) is 0 Å². The van der Waals surface area contributed by atoms with E-state index >= 15 is 0 Å². The molecule has 1 unspecified atom stereocenters. The van der Waals surface area contributed by atoms with Gasteiger partial charge in [-0.05, 0) is 18.6 Å². The standard InChI is InChI=1S/C13H19FO3/c1-3-7-17-8-6-13(15)11-5-4-10(16-2)9-12(11)14/h4-5,9,13,15H,3,6-8H2,1-2H3. The lowest BCUT2D eigenvalue weighted by Gasteiger charge is -2.12. The van der Waals surface area contributed by atoms with Gasteiger partial charge < -0.3 is 14.6 Å². The quantitative estimate of drug-likeness (QED) is 0.747. The molecule has 96 valence electrons. The Labute approximate surface area is 101 Å². The van der Waals surface area contributed by atoms with Crippen molar-refractivity contribution in [3.8, 4) is 5.75 Å². The third-order valence-corrected chi connectivity index (χ3v) is 2.45. The number of ether oxygens (including phenoxy) is 2. The van der Waals surface area contributed by atoms with Gasteiger partial charge in [-0.2, -0.15) is 0 Å². The molecule has 0 saturated carbocycles. The molecule has 0 aromatic heterocycles. The fourth-order valence-corrected chi connectivity index (χ4v) is 1.50. The number of rotatable bonds is 7. The van der Waals surface area contributed by atoms with Crippen LogP contribution in [0.15, 0.2) is 18.2 Å². The summed E-state index contributed by atoms with van der Waals surface area (Å²) in [7, 11) is 1.48. The lowest BCUT2D eigenvalue weighted by atomic mass is 10.1. The van der Waals surface area contributed by atoms with Gasteiger partial charge in [0.15, 0.2) is 0 Å². The number of aliphatic hydroxyl groups excluding tert-OH is 1. The van der Waals surface area contributed by atoms with Crippen LogP contribution in [0.5, 0.6) is 5.75 Å². The molecular formula is C13H19FO3. The van der Waals surface area contributed by atoms with Crippen LogP contribution in [-0.2, 0) is 4.74 Å². The first kappa shape index (κ1) is 13.9. The number of benzene rings is 1. The molecule has 17 heavy (non-hydrogen) atoms. The highest BCUT2D eigenvalue weighted by Crippen LogP contribution is 2.23. The molecule has 4 heteroatoms. The molecule has 1 aromatic carbocycles. The lowest BCUT2D eigenvalue weighted by Crippen LogP contribution is -2.06. The summed E-state index contributed by atoms with van der Waals surface area (Å²) in [5.41, 5.74) is 0.283. The maximum atomic E-state index is 13.6. The Morgan fingerprint density at radius 1 is 1.35 bits per heavy atom. The smallest absolute Gasteiger partial charge is 0.132 e. The van der Waals surface area contributed by atoms with Crippen LogP contribution in [0.3, 0.4) is 0 Å². The largest absolute Gasteiger partial charge is 0.497 e. The van der Waals surface area contributed by atoms with E-state index < -0.39 is 11.9 Å². The first-order chi connectivity index (χ1) is 8.19. The Morgan fingerprint density at radius 2 is 2.12 bits per heavy atom. The van der Waals surface area contributed by atoms with Crippen molar-refractivity contribution in [1.29, 1.82) is 0 Å². The van der Waals surface area contributed by atoms with E-state index in [-0.39, 0.29) is 5.56 Å². The summed E-state index contributed by atoms with van der Waals surface area (Å²) in [4.78, 5) is 0. The van der Waals surface area contributed by atoms with Gasteiger partial charge >= 0.3 is 0 Å². The molecule has 0 aliphatic heterocycles. The van der Waals surface area contributed by atoms with Gasteiger partial charge in [0.1, 0.15) is 11.6 Å². The van der Waals surface area contributed by atoms with Crippen molar-refractivity contribution in [2.24, 2.45) is 0 Å². The number of aliphatic hydroxyl groups is 1. The fraction of sp³-hybridized carbons (Fsp3) is 0.538. The number of hydrogen-bond acceptors (Lipinski definition) is 3. The number of methoxy groups -OCH3 is 1. The molecule has 0 amide bonds. The van der Waals surface area contributed by atoms with Gasteiger partial charge in [0.2, 0.25) is 0 Å². The van der Waals surface area contributed by atoms with Crippen LogP contribution in [0.4, 0.5) is 4.39 Å². The molecule has 0 saturated heterocycles. The summed E-state index contributed by atoms with van der Waals surface area (Å²) in [6.45, 7) is 3.11. The molecule has 0 fully saturated rings. The van der Waals surface area contributed by atoms with E-state index in [0.29, 0.717) is 25.4 Å². The molecule has 0 heterocycles. The Morgan fingerprint density at radius 3 is 2.71 bits per heavy atom. The Hall–Kier alpha value is -1.13. The normalized spacial score (nSPS) is 12.5. The zero-order valence-corrected chi connectivity index (χ0v) is 10.3. The van der Waals surface area contributed by atoms with Crippen LogP contribution in [0, 0.1) is 5.82 Å². The van der Waals surface area contributed by atoms with E-state index in [2.05, 4.69) is 0 Å². The first-order valence-electron chi connectivity index (χ1n) is 5.78. The second-order valence-corrected chi connectivity index (χ2v) is 3.80. The fourth-order valence-electron chi connectivity index (χ4n) is 1.50. The minimum atomic E-state index is -0.835. The van der Waals surface area contributed by atoms with Gasteiger partial charge in [-0.15, -0.1) is 0 Å². The molecule has 0 bridgehead atoms. The topological polar surface area (TPSA) is 38.7 Å². The van der Waals surface area contributed by atoms with Crippen molar-refractivity contribution < 1.29 is 19.0 Å². The average Bonchev–Trinajstić information content (AvgIpc) is 2.34. The van der Waals surface area contributed by atoms with Gasteiger partial charge in [-0.25, -0.2) is 4.39 Å². The minimum absolute atomic E-state index is 0.283. The van der Waals surface area contributed by atoms with E-state index in [1.165, 1.54) is 13.2 Å². The van der Waals surface area contributed by atoms with Crippen molar-refractivity contribution >= 4 is 0 Å².